The molecule has 86 valence electrons. The highest BCUT2D eigenvalue weighted by Crippen LogP contribution is 2.18. The van der Waals surface area contributed by atoms with Crippen LogP contribution in [-0.4, -0.2) is 7.11 Å². The van der Waals surface area contributed by atoms with Crippen molar-refractivity contribution in [2.75, 3.05) is 7.11 Å². The number of benzene rings is 2. The van der Waals surface area contributed by atoms with E-state index in [4.69, 9.17) is 4.74 Å². The lowest BCUT2D eigenvalue weighted by atomic mass is 10.1. The summed E-state index contributed by atoms with van der Waals surface area (Å²) in [5.74, 6) is 0. The van der Waals surface area contributed by atoms with Gasteiger partial charge in [0, 0.05) is 7.11 Å². The van der Waals surface area contributed by atoms with Gasteiger partial charge in [0.25, 0.3) is 0 Å². The lowest BCUT2D eigenvalue weighted by Gasteiger charge is -2.10. The fraction of sp³-hybridized carbons (Fsp3) is 0.125. The Morgan fingerprint density at radius 1 is 0.882 bits per heavy atom. The molecule has 0 aromatic heterocycles. The van der Waals surface area contributed by atoms with Gasteiger partial charge < -0.3 is 4.74 Å². The molecule has 1 nitrogen and oxygen atoms in total. The third-order valence-corrected chi connectivity index (χ3v) is 2.65. The van der Waals surface area contributed by atoms with E-state index in [0.29, 0.717) is 0 Å². The van der Waals surface area contributed by atoms with Gasteiger partial charge in [0.1, 0.15) is 6.10 Å². The average molecular weight is 224 g/mol. The average Bonchev–Trinajstić information content (AvgIpc) is 2.42. The van der Waals surface area contributed by atoms with Gasteiger partial charge in [-0.3, -0.25) is 0 Å². The molecule has 0 N–H and O–H groups in total. The largest absolute Gasteiger partial charge is 0.373 e. The summed E-state index contributed by atoms with van der Waals surface area (Å²) in [5.41, 5.74) is 2.35. The van der Waals surface area contributed by atoms with Crippen molar-refractivity contribution in [3.05, 3.63) is 77.9 Å². The molecule has 0 unspecified atom stereocenters. The van der Waals surface area contributed by atoms with E-state index in [0.717, 1.165) is 0 Å². The second-order valence-electron chi connectivity index (χ2n) is 3.84. The number of ether oxygens (including phenoxy) is 1. The third kappa shape index (κ3) is 3.30. The van der Waals surface area contributed by atoms with E-state index < -0.39 is 0 Å². The minimum atomic E-state index is 0.0106. The minimum Gasteiger partial charge on any atom is -0.373 e. The van der Waals surface area contributed by atoms with Crippen molar-refractivity contribution in [3.8, 4) is 0 Å². The van der Waals surface area contributed by atoms with Crippen LogP contribution in [0.25, 0.3) is 6.08 Å². The molecule has 2 rings (SSSR count). The van der Waals surface area contributed by atoms with Crippen LogP contribution < -0.4 is 0 Å². The maximum absolute atomic E-state index is 5.47. The summed E-state index contributed by atoms with van der Waals surface area (Å²) in [6.07, 6.45) is 4.17. The molecule has 1 heteroatoms. The molecule has 0 aliphatic rings. The maximum atomic E-state index is 5.47. The first-order valence-corrected chi connectivity index (χ1v) is 5.71. The molecule has 0 bridgehead atoms. The standard InChI is InChI=1S/C16H16O/c1-17-16(15-10-6-3-7-11-15)13-12-14-8-4-2-5-9-14/h2-13,16H,1H3/b13-12+/t16-/m0/s1. The summed E-state index contributed by atoms with van der Waals surface area (Å²) in [6, 6.07) is 20.4. The minimum absolute atomic E-state index is 0.0106. The van der Waals surface area contributed by atoms with Crippen LogP contribution >= 0.6 is 0 Å². The van der Waals surface area contributed by atoms with Gasteiger partial charge in [-0.05, 0) is 11.1 Å². The summed E-state index contributed by atoms with van der Waals surface area (Å²) in [4.78, 5) is 0. The molecular weight excluding hydrogens is 208 g/mol. The number of hydrogen-bond acceptors (Lipinski definition) is 1. The van der Waals surface area contributed by atoms with Crippen LogP contribution in [0.2, 0.25) is 0 Å². The summed E-state index contributed by atoms with van der Waals surface area (Å²) in [5, 5.41) is 0. The molecule has 0 aliphatic heterocycles. The SMILES string of the molecule is CO[C@@H](/C=C/c1ccccc1)c1ccccc1. The fourth-order valence-corrected chi connectivity index (χ4v) is 1.73. The Labute approximate surface area is 102 Å². The lowest BCUT2D eigenvalue weighted by molar-refractivity contribution is 0.143. The van der Waals surface area contributed by atoms with Gasteiger partial charge in [0.05, 0.1) is 0 Å². The van der Waals surface area contributed by atoms with Crippen LogP contribution in [0, 0.1) is 0 Å². The van der Waals surface area contributed by atoms with E-state index in [9.17, 15) is 0 Å². The topological polar surface area (TPSA) is 9.23 Å². The van der Waals surface area contributed by atoms with Gasteiger partial charge in [-0.2, -0.15) is 0 Å². The monoisotopic (exact) mass is 224 g/mol. The molecule has 0 saturated heterocycles. The number of methoxy groups -OCH3 is 1. The summed E-state index contributed by atoms with van der Waals surface area (Å²) in [6.45, 7) is 0. The van der Waals surface area contributed by atoms with Gasteiger partial charge in [0.15, 0.2) is 0 Å². The van der Waals surface area contributed by atoms with Gasteiger partial charge in [-0.25, -0.2) is 0 Å². The van der Waals surface area contributed by atoms with Crippen LogP contribution in [0.5, 0.6) is 0 Å². The predicted molar refractivity (Wildman–Crippen MR) is 71.7 cm³/mol. The summed E-state index contributed by atoms with van der Waals surface area (Å²) in [7, 11) is 1.73. The van der Waals surface area contributed by atoms with E-state index in [1.807, 2.05) is 36.4 Å². The molecule has 0 aliphatic carbocycles. The van der Waals surface area contributed by atoms with Crippen molar-refractivity contribution >= 4 is 6.08 Å². The zero-order valence-electron chi connectivity index (χ0n) is 9.91. The smallest absolute Gasteiger partial charge is 0.101 e. The van der Waals surface area contributed by atoms with Crippen molar-refractivity contribution in [1.82, 2.24) is 0 Å². The highest BCUT2D eigenvalue weighted by molar-refractivity contribution is 5.50. The van der Waals surface area contributed by atoms with E-state index in [1.54, 1.807) is 7.11 Å². The molecule has 0 amide bonds. The Morgan fingerprint density at radius 2 is 1.47 bits per heavy atom. The molecule has 17 heavy (non-hydrogen) atoms. The van der Waals surface area contributed by atoms with Crippen molar-refractivity contribution < 1.29 is 4.74 Å². The molecule has 0 fully saturated rings. The molecule has 0 spiro atoms. The highest BCUT2D eigenvalue weighted by atomic mass is 16.5. The van der Waals surface area contributed by atoms with Gasteiger partial charge in [-0.1, -0.05) is 72.8 Å². The molecule has 2 aromatic rings. The zero-order chi connectivity index (χ0) is 11.9. The normalized spacial score (nSPS) is 12.8. The van der Waals surface area contributed by atoms with E-state index >= 15 is 0 Å². The Morgan fingerprint density at radius 3 is 2.06 bits per heavy atom. The quantitative estimate of drug-likeness (QED) is 0.760. The Hall–Kier alpha value is -1.86. The van der Waals surface area contributed by atoms with Crippen molar-refractivity contribution in [3.63, 3.8) is 0 Å². The number of rotatable bonds is 4. The van der Waals surface area contributed by atoms with Crippen LogP contribution in [0.4, 0.5) is 0 Å². The molecule has 2 aromatic carbocycles. The Kier molecular flexibility index (Phi) is 4.11. The predicted octanol–water partition coefficient (Wildman–Crippen LogP) is 4.09. The van der Waals surface area contributed by atoms with Crippen LogP contribution in [-0.2, 0) is 4.74 Å². The molecule has 0 saturated carbocycles. The second-order valence-corrected chi connectivity index (χ2v) is 3.84. The van der Waals surface area contributed by atoms with Crippen LogP contribution in [0.3, 0.4) is 0 Å². The van der Waals surface area contributed by atoms with Crippen molar-refractivity contribution in [1.29, 1.82) is 0 Å². The number of hydrogen-bond donors (Lipinski definition) is 0. The first kappa shape index (κ1) is 11.6. The van der Waals surface area contributed by atoms with Crippen molar-refractivity contribution in [2.45, 2.75) is 6.10 Å². The summed E-state index contributed by atoms with van der Waals surface area (Å²) >= 11 is 0. The lowest BCUT2D eigenvalue weighted by Crippen LogP contribution is -1.96. The Bertz CT molecular complexity index is 459. The second kappa shape index (κ2) is 6.02. The zero-order valence-corrected chi connectivity index (χ0v) is 9.91. The third-order valence-electron chi connectivity index (χ3n) is 2.65. The molecule has 1 atom stereocenters. The van der Waals surface area contributed by atoms with E-state index in [2.05, 4.69) is 36.4 Å². The van der Waals surface area contributed by atoms with E-state index in [-0.39, 0.29) is 6.10 Å². The van der Waals surface area contributed by atoms with Crippen LogP contribution in [0.1, 0.15) is 17.2 Å². The van der Waals surface area contributed by atoms with Gasteiger partial charge >= 0.3 is 0 Å². The van der Waals surface area contributed by atoms with Crippen molar-refractivity contribution in [2.24, 2.45) is 0 Å². The van der Waals surface area contributed by atoms with Crippen LogP contribution in [0.15, 0.2) is 66.7 Å². The maximum Gasteiger partial charge on any atom is 0.101 e. The van der Waals surface area contributed by atoms with Gasteiger partial charge in [0.2, 0.25) is 0 Å². The van der Waals surface area contributed by atoms with E-state index in [1.165, 1.54) is 11.1 Å². The molecule has 0 radical (unpaired) electrons. The summed E-state index contributed by atoms with van der Waals surface area (Å²) < 4.78 is 5.47. The molecular formula is C16H16O. The first-order valence-electron chi connectivity index (χ1n) is 5.71. The highest BCUT2D eigenvalue weighted by Gasteiger charge is 2.04. The first-order chi connectivity index (χ1) is 8.40. The molecule has 0 heterocycles. The fourth-order valence-electron chi connectivity index (χ4n) is 1.73. The van der Waals surface area contributed by atoms with Gasteiger partial charge in [-0.15, -0.1) is 0 Å². The Balaban J connectivity index is 2.14.